The minimum atomic E-state index is -0.364. The first kappa shape index (κ1) is 17.1. The van der Waals surface area contributed by atoms with Gasteiger partial charge in [-0.15, -0.1) is 11.3 Å². The maximum atomic E-state index is 13.9. The fourth-order valence-electron chi connectivity index (χ4n) is 2.59. The van der Waals surface area contributed by atoms with Gasteiger partial charge in [-0.1, -0.05) is 42.5 Å². The topological polar surface area (TPSA) is 54.9 Å². The lowest BCUT2D eigenvalue weighted by Gasteiger charge is -2.04. The van der Waals surface area contributed by atoms with E-state index in [1.807, 2.05) is 36.4 Å². The second kappa shape index (κ2) is 7.47. The Morgan fingerprint density at radius 3 is 2.37 bits per heavy atom. The molecule has 6 heteroatoms. The van der Waals surface area contributed by atoms with Gasteiger partial charge in [0.05, 0.1) is 6.20 Å². The van der Waals surface area contributed by atoms with Gasteiger partial charge in [-0.05, 0) is 29.8 Å². The van der Waals surface area contributed by atoms with Crippen molar-refractivity contribution in [1.82, 2.24) is 9.97 Å². The van der Waals surface area contributed by atoms with Crippen molar-refractivity contribution in [2.24, 2.45) is 0 Å². The van der Waals surface area contributed by atoms with Gasteiger partial charge < -0.3 is 5.32 Å². The number of thiazole rings is 1. The van der Waals surface area contributed by atoms with E-state index in [9.17, 15) is 9.18 Å². The first-order chi connectivity index (χ1) is 13.2. The molecule has 0 atom stereocenters. The zero-order chi connectivity index (χ0) is 18.6. The number of pyridine rings is 1. The van der Waals surface area contributed by atoms with Gasteiger partial charge in [0.25, 0.3) is 5.91 Å². The van der Waals surface area contributed by atoms with Crippen molar-refractivity contribution >= 4 is 23.1 Å². The van der Waals surface area contributed by atoms with Crippen LogP contribution in [-0.2, 0) is 0 Å². The maximum absolute atomic E-state index is 13.9. The third kappa shape index (κ3) is 3.75. The lowest BCUT2D eigenvalue weighted by Crippen LogP contribution is -2.11. The zero-order valence-corrected chi connectivity index (χ0v) is 14.9. The Hall–Kier alpha value is -3.38. The third-order valence-electron chi connectivity index (χ3n) is 3.95. The zero-order valence-electron chi connectivity index (χ0n) is 14.1. The number of amides is 1. The Morgan fingerprint density at radius 2 is 1.63 bits per heavy atom. The van der Waals surface area contributed by atoms with Gasteiger partial charge >= 0.3 is 0 Å². The average molecular weight is 375 g/mol. The van der Waals surface area contributed by atoms with Gasteiger partial charge in [0.1, 0.15) is 21.5 Å². The first-order valence-corrected chi connectivity index (χ1v) is 9.06. The summed E-state index contributed by atoms with van der Waals surface area (Å²) in [7, 11) is 0. The van der Waals surface area contributed by atoms with Crippen molar-refractivity contribution in [3.05, 3.63) is 89.8 Å². The Morgan fingerprint density at radius 1 is 0.852 bits per heavy atom. The predicted octanol–water partition coefficient (Wildman–Crippen LogP) is 5.26. The van der Waals surface area contributed by atoms with Crippen LogP contribution in [0.4, 0.5) is 10.2 Å². The number of hydrogen-bond acceptors (Lipinski definition) is 4. The molecule has 0 fully saturated rings. The lowest BCUT2D eigenvalue weighted by molar-refractivity contribution is 0.103. The molecule has 1 N–H and O–H groups in total. The molecular weight excluding hydrogens is 361 g/mol. The normalized spacial score (nSPS) is 10.6. The predicted molar refractivity (Wildman–Crippen MR) is 105 cm³/mol. The Bertz CT molecular complexity index is 1080. The highest BCUT2D eigenvalue weighted by atomic mass is 32.1. The number of carbonyl (C=O) groups is 1. The van der Waals surface area contributed by atoms with E-state index in [4.69, 9.17) is 0 Å². The summed E-state index contributed by atoms with van der Waals surface area (Å²) in [4.78, 5) is 21.3. The Balaban J connectivity index is 1.49. The molecular formula is C21H14FN3OS. The van der Waals surface area contributed by atoms with Crippen molar-refractivity contribution < 1.29 is 9.18 Å². The average Bonchev–Trinajstić information content (AvgIpc) is 3.20. The Labute approximate surface area is 159 Å². The molecule has 4 aromatic rings. The summed E-state index contributed by atoms with van der Waals surface area (Å²) in [6.07, 6.45) is 3.16. The molecule has 0 saturated heterocycles. The second-order valence-electron chi connectivity index (χ2n) is 5.76. The maximum Gasteiger partial charge on any atom is 0.268 e. The van der Waals surface area contributed by atoms with Crippen molar-refractivity contribution in [3.63, 3.8) is 0 Å². The summed E-state index contributed by atoms with van der Waals surface area (Å²) >= 11 is 1.14. The highest BCUT2D eigenvalue weighted by Gasteiger charge is 2.14. The number of anilines is 1. The Kier molecular flexibility index (Phi) is 4.72. The molecule has 2 aromatic heterocycles. The molecule has 0 unspecified atom stereocenters. The summed E-state index contributed by atoms with van der Waals surface area (Å²) in [5.74, 6) is -0.243. The van der Waals surface area contributed by atoms with Crippen LogP contribution in [0.5, 0.6) is 0 Å². The minimum Gasteiger partial charge on any atom is -0.306 e. The molecule has 0 aliphatic heterocycles. The number of carbonyl (C=O) groups excluding carboxylic acids is 1. The van der Waals surface area contributed by atoms with Crippen LogP contribution in [0, 0.1) is 5.82 Å². The van der Waals surface area contributed by atoms with Crippen LogP contribution in [0.3, 0.4) is 0 Å². The number of hydrogen-bond donors (Lipinski definition) is 1. The fourth-order valence-corrected chi connectivity index (χ4v) is 3.42. The van der Waals surface area contributed by atoms with E-state index in [0.29, 0.717) is 21.3 Å². The molecule has 27 heavy (non-hydrogen) atoms. The van der Waals surface area contributed by atoms with Gasteiger partial charge in [-0.25, -0.2) is 14.4 Å². The van der Waals surface area contributed by atoms with Gasteiger partial charge in [-0.3, -0.25) is 4.79 Å². The van der Waals surface area contributed by atoms with Crippen LogP contribution in [-0.4, -0.2) is 15.9 Å². The molecule has 0 spiro atoms. The van der Waals surface area contributed by atoms with E-state index in [2.05, 4.69) is 15.3 Å². The number of nitrogens with zero attached hydrogens (tertiary/aromatic N) is 2. The van der Waals surface area contributed by atoms with E-state index in [0.717, 1.165) is 22.5 Å². The van der Waals surface area contributed by atoms with Crippen LogP contribution in [0.25, 0.3) is 21.7 Å². The van der Waals surface area contributed by atoms with E-state index in [1.54, 1.807) is 30.5 Å². The van der Waals surface area contributed by atoms with E-state index in [1.165, 1.54) is 12.3 Å². The first-order valence-electron chi connectivity index (χ1n) is 8.24. The third-order valence-corrected chi connectivity index (χ3v) is 4.98. The highest BCUT2D eigenvalue weighted by molar-refractivity contribution is 7.17. The smallest absolute Gasteiger partial charge is 0.268 e. The van der Waals surface area contributed by atoms with Gasteiger partial charge in [0, 0.05) is 17.3 Å². The number of aromatic nitrogens is 2. The summed E-state index contributed by atoms with van der Waals surface area (Å²) in [6, 6.07) is 19.9. The lowest BCUT2D eigenvalue weighted by atomic mass is 10.1. The van der Waals surface area contributed by atoms with Crippen molar-refractivity contribution in [3.8, 4) is 21.7 Å². The molecule has 4 nitrogen and oxygen atoms in total. The minimum absolute atomic E-state index is 0.324. The number of nitrogens with one attached hydrogen (secondary N) is 1. The van der Waals surface area contributed by atoms with Gasteiger partial charge in [0.15, 0.2) is 0 Å². The highest BCUT2D eigenvalue weighted by Crippen LogP contribution is 2.27. The van der Waals surface area contributed by atoms with Crippen LogP contribution in [0.15, 0.2) is 79.1 Å². The quantitative estimate of drug-likeness (QED) is 0.529. The molecule has 0 saturated carbocycles. The molecule has 1 amide bonds. The molecule has 2 aromatic carbocycles. The van der Waals surface area contributed by atoms with Crippen molar-refractivity contribution in [1.29, 1.82) is 0 Å². The number of benzene rings is 2. The largest absolute Gasteiger partial charge is 0.306 e. The van der Waals surface area contributed by atoms with Crippen molar-refractivity contribution in [2.45, 2.75) is 0 Å². The van der Waals surface area contributed by atoms with Gasteiger partial charge in [0.2, 0.25) is 0 Å². The number of rotatable bonds is 4. The number of halogens is 1. The van der Waals surface area contributed by atoms with Crippen LogP contribution >= 0.6 is 11.3 Å². The molecule has 4 rings (SSSR count). The summed E-state index contributed by atoms with van der Waals surface area (Å²) in [5.41, 5.74) is 2.40. The molecule has 2 heterocycles. The SMILES string of the molecule is O=C(Nc1ccc(-c2ccccc2)cn1)c1cnc(-c2ccccc2F)s1. The molecule has 132 valence electrons. The van der Waals surface area contributed by atoms with Gasteiger partial charge in [-0.2, -0.15) is 0 Å². The molecule has 0 aliphatic carbocycles. The summed E-state index contributed by atoms with van der Waals surface area (Å²) in [6.45, 7) is 0. The van der Waals surface area contributed by atoms with Crippen molar-refractivity contribution in [2.75, 3.05) is 5.32 Å². The second-order valence-corrected chi connectivity index (χ2v) is 6.79. The van der Waals surface area contributed by atoms with Crippen LogP contribution < -0.4 is 5.32 Å². The standard InChI is InChI=1S/C21H14FN3OS/c22-17-9-5-4-8-16(17)21-24-13-18(27-21)20(26)25-19-11-10-15(12-23-19)14-6-2-1-3-7-14/h1-13H,(H,23,25,26). The monoisotopic (exact) mass is 375 g/mol. The van der Waals surface area contributed by atoms with Crippen LogP contribution in [0.1, 0.15) is 9.67 Å². The van der Waals surface area contributed by atoms with Crippen LogP contribution in [0.2, 0.25) is 0 Å². The molecule has 0 bridgehead atoms. The fraction of sp³-hybridized carbons (Fsp3) is 0. The van der Waals surface area contributed by atoms with E-state index >= 15 is 0 Å². The molecule has 0 radical (unpaired) electrons. The summed E-state index contributed by atoms with van der Waals surface area (Å²) in [5, 5.41) is 3.21. The molecule has 0 aliphatic rings. The summed E-state index contributed by atoms with van der Waals surface area (Å²) < 4.78 is 13.9. The van der Waals surface area contributed by atoms with E-state index in [-0.39, 0.29) is 11.7 Å². The van der Waals surface area contributed by atoms with E-state index < -0.39 is 0 Å².